The van der Waals surface area contributed by atoms with Gasteiger partial charge in [0.05, 0.1) is 13.2 Å². The van der Waals surface area contributed by atoms with Crippen molar-refractivity contribution in [1.29, 1.82) is 0 Å². The van der Waals surface area contributed by atoms with E-state index in [9.17, 15) is 9.77 Å². The average molecular weight is 279 g/mol. The summed E-state index contributed by atoms with van der Waals surface area (Å²) in [7, 11) is -3.44. The summed E-state index contributed by atoms with van der Waals surface area (Å²) < 4.78 is 23.0. The van der Waals surface area contributed by atoms with Gasteiger partial charge < -0.3 is 14.3 Å². The Kier molecular flexibility index (Phi) is 9.34. The predicted molar refractivity (Wildman–Crippen MR) is 73.4 cm³/mol. The first-order chi connectivity index (χ1) is 8.59. The lowest BCUT2D eigenvalue weighted by atomic mass is 10.0. The van der Waals surface area contributed by atoms with E-state index in [0.29, 0.717) is 0 Å². The quantitative estimate of drug-likeness (QED) is 0.281. The molecule has 0 aliphatic carbocycles. The second kappa shape index (κ2) is 9.54. The van der Waals surface area contributed by atoms with Crippen LogP contribution in [0.4, 0.5) is 0 Å². The molecule has 0 aromatic carbocycles. The highest BCUT2D eigenvalue weighted by atomic mass is 31.2. The first-order valence-corrected chi connectivity index (χ1v) is 8.25. The van der Waals surface area contributed by atoms with Crippen LogP contribution >= 0.6 is 7.60 Å². The first-order valence-electron chi connectivity index (χ1n) is 6.71. The molecule has 6 heteroatoms. The number of oxime groups is 1. The molecule has 0 rings (SSSR count). The van der Waals surface area contributed by atoms with E-state index in [1.165, 1.54) is 0 Å². The van der Waals surface area contributed by atoms with Gasteiger partial charge in [-0.15, -0.1) is 0 Å². The smallest absolute Gasteiger partial charge is 0.379 e. The van der Waals surface area contributed by atoms with Crippen LogP contribution in [0.15, 0.2) is 5.16 Å². The van der Waals surface area contributed by atoms with Gasteiger partial charge in [-0.2, -0.15) is 0 Å². The van der Waals surface area contributed by atoms with E-state index in [-0.39, 0.29) is 24.6 Å². The molecule has 0 saturated heterocycles. The molecule has 0 aliphatic heterocycles. The molecule has 18 heavy (non-hydrogen) atoms. The summed E-state index contributed by atoms with van der Waals surface area (Å²) in [5.74, 6) is -0.0566. The van der Waals surface area contributed by atoms with E-state index in [2.05, 4.69) is 12.1 Å². The van der Waals surface area contributed by atoms with E-state index in [4.69, 9.17) is 9.05 Å². The Bertz CT molecular complexity index is 284. The Hall–Kier alpha value is -0.380. The van der Waals surface area contributed by atoms with Crippen molar-refractivity contribution >= 4 is 13.0 Å². The van der Waals surface area contributed by atoms with Crippen molar-refractivity contribution < 1.29 is 18.8 Å². The van der Waals surface area contributed by atoms with Gasteiger partial charge in [-0.05, 0) is 26.7 Å². The SMILES string of the molecule is CCCCC(CC)/C(=N/O)P(=O)(OCC)OCC. The van der Waals surface area contributed by atoms with Gasteiger partial charge in [0.2, 0.25) is 0 Å². The van der Waals surface area contributed by atoms with Crippen LogP contribution in [0.5, 0.6) is 0 Å². The maximum atomic E-state index is 12.6. The van der Waals surface area contributed by atoms with Crippen LogP contribution in [-0.4, -0.2) is 23.9 Å². The molecule has 0 radical (unpaired) electrons. The van der Waals surface area contributed by atoms with Crippen molar-refractivity contribution in [3.05, 3.63) is 0 Å². The highest BCUT2D eigenvalue weighted by Gasteiger charge is 2.36. The number of unbranched alkanes of at least 4 members (excludes halogenated alkanes) is 1. The lowest BCUT2D eigenvalue weighted by molar-refractivity contribution is 0.228. The molecule has 1 unspecified atom stereocenters. The van der Waals surface area contributed by atoms with Crippen LogP contribution in [0.25, 0.3) is 0 Å². The van der Waals surface area contributed by atoms with E-state index in [1.807, 2.05) is 6.92 Å². The second-order valence-electron chi connectivity index (χ2n) is 4.04. The van der Waals surface area contributed by atoms with Gasteiger partial charge in [0.15, 0.2) is 5.45 Å². The van der Waals surface area contributed by atoms with Crippen molar-refractivity contribution in [3.8, 4) is 0 Å². The van der Waals surface area contributed by atoms with Crippen molar-refractivity contribution in [2.75, 3.05) is 13.2 Å². The molecular formula is C12H26NO4P. The maximum Gasteiger partial charge on any atom is 0.379 e. The van der Waals surface area contributed by atoms with E-state index >= 15 is 0 Å². The van der Waals surface area contributed by atoms with Crippen LogP contribution in [0, 0.1) is 5.92 Å². The number of rotatable bonds is 10. The molecule has 0 bridgehead atoms. The monoisotopic (exact) mass is 279 g/mol. The standard InChI is InChI=1S/C12H26NO4P/c1-5-9-10-11(6-2)12(13-14)18(15,16-7-3)17-8-4/h11,14H,5-10H2,1-4H3/b13-12-. The fourth-order valence-corrected chi connectivity index (χ4v) is 3.72. The Morgan fingerprint density at radius 1 is 1.22 bits per heavy atom. The molecule has 0 spiro atoms. The number of nitrogens with zero attached hydrogens (tertiary/aromatic N) is 1. The Morgan fingerprint density at radius 3 is 2.11 bits per heavy atom. The fraction of sp³-hybridized carbons (Fsp3) is 0.917. The molecular weight excluding hydrogens is 253 g/mol. The minimum absolute atomic E-state index is 0.0566. The minimum atomic E-state index is -3.44. The molecule has 5 nitrogen and oxygen atoms in total. The lowest BCUT2D eigenvalue weighted by Crippen LogP contribution is -2.18. The predicted octanol–water partition coefficient (Wildman–Crippen LogP) is 4.26. The zero-order valence-corrected chi connectivity index (χ0v) is 12.8. The third-order valence-corrected chi connectivity index (χ3v) is 4.96. The molecule has 0 aromatic rings. The number of hydrogen-bond donors (Lipinski definition) is 1. The summed E-state index contributed by atoms with van der Waals surface area (Å²) in [5, 5.41) is 12.4. The third-order valence-electron chi connectivity index (χ3n) is 2.75. The molecule has 0 saturated carbocycles. The van der Waals surface area contributed by atoms with Gasteiger partial charge in [-0.1, -0.05) is 31.8 Å². The van der Waals surface area contributed by atoms with Gasteiger partial charge in [0, 0.05) is 5.92 Å². The van der Waals surface area contributed by atoms with Gasteiger partial charge in [0.25, 0.3) is 0 Å². The fourth-order valence-electron chi connectivity index (χ4n) is 1.84. The van der Waals surface area contributed by atoms with Gasteiger partial charge in [-0.3, -0.25) is 4.57 Å². The van der Waals surface area contributed by atoms with Gasteiger partial charge >= 0.3 is 7.60 Å². The van der Waals surface area contributed by atoms with Crippen molar-refractivity contribution in [2.24, 2.45) is 11.1 Å². The first kappa shape index (κ1) is 17.6. The maximum absolute atomic E-state index is 12.6. The summed E-state index contributed by atoms with van der Waals surface area (Å²) >= 11 is 0. The number of hydrogen-bond acceptors (Lipinski definition) is 5. The Morgan fingerprint density at radius 2 is 1.78 bits per heavy atom. The molecule has 0 aliphatic rings. The zero-order chi connectivity index (χ0) is 14.0. The molecule has 108 valence electrons. The van der Waals surface area contributed by atoms with E-state index < -0.39 is 7.60 Å². The van der Waals surface area contributed by atoms with Crippen LogP contribution in [0.1, 0.15) is 53.4 Å². The molecule has 0 heterocycles. The Balaban J connectivity index is 5.04. The summed E-state index contributed by atoms with van der Waals surface area (Å²) in [5.41, 5.74) is 0.169. The molecule has 1 atom stereocenters. The second-order valence-corrected chi connectivity index (χ2v) is 6.01. The average Bonchev–Trinajstić information content (AvgIpc) is 2.34. The summed E-state index contributed by atoms with van der Waals surface area (Å²) in [4.78, 5) is 0. The van der Waals surface area contributed by atoms with Crippen molar-refractivity contribution in [1.82, 2.24) is 0 Å². The summed E-state index contributed by atoms with van der Waals surface area (Å²) in [6.07, 6.45) is 3.62. The molecule has 1 N–H and O–H groups in total. The highest BCUT2D eigenvalue weighted by Crippen LogP contribution is 2.52. The van der Waals surface area contributed by atoms with E-state index in [0.717, 1.165) is 25.7 Å². The minimum Gasteiger partial charge on any atom is -0.410 e. The summed E-state index contributed by atoms with van der Waals surface area (Å²) in [6, 6.07) is 0. The summed E-state index contributed by atoms with van der Waals surface area (Å²) in [6.45, 7) is 8.09. The van der Waals surface area contributed by atoms with Crippen molar-refractivity contribution in [3.63, 3.8) is 0 Å². The van der Waals surface area contributed by atoms with E-state index in [1.54, 1.807) is 13.8 Å². The zero-order valence-electron chi connectivity index (χ0n) is 11.9. The largest absolute Gasteiger partial charge is 0.410 e. The van der Waals surface area contributed by atoms with Crippen LogP contribution in [0.3, 0.4) is 0 Å². The molecule has 0 amide bonds. The third kappa shape index (κ3) is 5.09. The van der Waals surface area contributed by atoms with Crippen molar-refractivity contribution in [2.45, 2.75) is 53.4 Å². The van der Waals surface area contributed by atoms with Crippen LogP contribution in [-0.2, 0) is 13.6 Å². The van der Waals surface area contributed by atoms with Crippen LogP contribution in [0.2, 0.25) is 0 Å². The molecule has 0 fully saturated rings. The van der Waals surface area contributed by atoms with Gasteiger partial charge in [-0.25, -0.2) is 0 Å². The molecule has 0 aromatic heterocycles. The Labute approximate surface area is 110 Å². The van der Waals surface area contributed by atoms with Crippen LogP contribution < -0.4 is 0 Å². The van der Waals surface area contributed by atoms with Gasteiger partial charge in [0.1, 0.15) is 0 Å². The normalized spacial score (nSPS) is 14.8. The highest BCUT2D eigenvalue weighted by molar-refractivity contribution is 7.72. The topological polar surface area (TPSA) is 68.1 Å². The lowest BCUT2D eigenvalue weighted by Gasteiger charge is -2.23.